The summed E-state index contributed by atoms with van der Waals surface area (Å²) in [6.07, 6.45) is 1.71. The summed E-state index contributed by atoms with van der Waals surface area (Å²) in [6.45, 7) is 4.25. The van der Waals surface area contributed by atoms with Crippen LogP contribution < -0.4 is 10.9 Å². The van der Waals surface area contributed by atoms with E-state index in [-0.39, 0.29) is 31.2 Å². The van der Waals surface area contributed by atoms with Gasteiger partial charge in [0.2, 0.25) is 5.91 Å². The molecule has 4 nitrogen and oxygen atoms in total. The van der Waals surface area contributed by atoms with Gasteiger partial charge in [-0.3, -0.25) is 20.4 Å². The first-order chi connectivity index (χ1) is 11.6. The molecule has 0 radical (unpaired) electrons. The normalized spacial score (nSPS) is 32.2. The first-order valence-corrected chi connectivity index (χ1v) is 11.4. The van der Waals surface area contributed by atoms with Crippen molar-refractivity contribution in [2.75, 3.05) is 0 Å². The van der Waals surface area contributed by atoms with E-state index in [1.807, 2.05) is 6.07 Å². The summed E-state index contributed by atoms with van der Waals surface area (Å²) in [5, 5.41) is 0. The van der Waals surface area contributed by atoms with E-state index < -0.39 is 5.41 Å². The number of carbonyl (C=O) groups excluding carboxylic acids is 2. The quantitative estimate of drug-likeness (QED) is 0.383. The lowest BCUT2D eigenvalue weighted by Crippen LogP contribution is -2.72. The van der Waals surface area contributed by atoms with E-state index in [0.717, 1.165) is 12.8 Å². The molecule has 0 spiro atoms. The van der Waals surface area contributed by atoms with Crippen LogP contribution in [0.1, 0.15) is 37.0 Å². The molecule has 0 heterocycles. The summed E-state index contributed by atoms with van der Waals surface area (Å²) in [7, 11) is 0. The lowest BCUT2D eigenvalue weighted by Gasteiger charge is -2.66. The van der Waals surface area contributed by atoms with Gasteiger partial charge in [0.15, 0.2) is 0 Å². The highest BCUT2D eigenvalue weighted by Gasteiger charge is 2.83. The molecule has 3 unspecified atom stereocenters. The van der Waals surface area contributed by atoms with Crippen LogP contribution in [0.2, 0.25) is 0 Å². The third kappa shape index (κ3) is 2.46. The van der Waals surface area contributed by atoms with E-state index in [1.165, 1.54) is 0 Å². The lowest BCUT2D eigenvalue weighted by atomic mass is 9.43. The Morgan fingerprint density at radius 2 is 1.80 bits per heavy atom. The highest BCUT2D eigenvalue weighted by molar-refractivity contribution is 9.24. The molecule has 1 aromatic carbocycles. The first kappa shape index (κ1) is 19.8. The molecule has 2 amide bonds. The molecule has 1 aromatic rings. The smallest absolute Gasteiger partial charge is 0.270 e. The second-order valence-electron chi connectivity index (χ2n) is 7.19. The number of hydrogen-bond donors (Lipinski definition) is 2. The predicted octanol–water partition coefficient (Wildman–Crippen LogP) is 4.90. The summed E-state index contributed by atoms with van der Waals surface area (Å²) >= 11 is 14.4. The SMILES string of the molecule is CC1(C)C2(C(=O)NNC(=O)c3ccccc3Br)CCC1(C(Br)Br)C2Br. The van der Waals surface area contributed by atoms with Crippen LogP contribution in [0.15, 0.2) is 28.7 Å². The second-order valence-corrected chi connectivity index (χ2v) is 12.0. The van der Waals surface area contributed by atoms with Crippen LogP contribution in [0.25, 0.3) is 0 Å². The summed E-state index contributed by atoms with van der Waals surface area (Å²) in [5.74, 6) is -0.489. The van der Waals surface area contributed by atoms with Crippen molar-refractivity contribution in [2.24, 2.45) is 16.2 Å². The Kier molecular flexibility index (Phi) is 5.24. The number of carbonyl (C=O) groups is 2. The Hall–Kier alpha value is 0.0800. The minimum Gasteiger partial charge on any atom is -0.273 e. The topological polar surface area (TPSA) is 58.2 Å². The maximum Gasteiger partial charge on any atom is 0.270 e. The zero-order chi connectivity index (χ0) is 18.6. The fraction of sp³-hybridized carbons (Fsp3) is 0.529. The van der Waals surface area contributed by atoms with E-state index >= 15 is 0 Å². The second kappa shape index (κ2) is 6.60. The number of benzene rings is 1. The molecular formula is C17H18Br4N2O2. The van der Waals surface area contributed by atoms with Crippen LogP contribution in [-0.2, 0) is 4.79 Å². The Balaban J connectivity index is 1.75. The third-order valence-electron chi connectivity index (χ3n) is 6.30. The molecule has 0 aromatic heterocycles. The van der Waals surface area contributed by atoms with Crippen LogP contribution in [-0.4, -0.2) is 20.4 Å². The van der Waals surface area contributed by atoms with Gasteiger partial charge in [-0.25, -0.2) is 0 Å². The Morgan fingerprint density at radius 1 is 1.16 bits per heavy atom. The third-order valence-corrected chi connectivity index (χ3v) is 10.2. The van der Waals surface area contributed by atoms with Gasteiger partial charge in [0.05, 0.1) is 14.7 Å². The van der Waals surface area contributed by atoms with Crippen LogP contribution in [0.4, 0.5) is 0 Å². The minimum atomic E-state index is -0.548. The van der Waals surface area contributed by atoms with Crippen molar-refractivity contribution in [3.05, 3.63) is 34.3 Å². The number of fused-ring (bicyclic) bond motifs is 1. The summed E-state index contributed by atoms with van der Waals surface area (Å²) in [6, 6.07) is 7.10. The van der Waals surface area contributed by atoms with Gasteiger partial charge in [0.1, 0.15) is 0 Å². The van der Waals surface area contributed by atoms with Gasteiger partial charge in [-0.2, -0.15) is 0 Å². The molecule has 136 valence electrons. The van der Waals surface area contributed by atoms with E-state index in [1.54, 1.807) is 18.2 Å². The Bertz CT molecular complexity index is 739. The number of halogens is 4. The van der Waals surface area contributed by atoms with E-state index in [2.05, 4.69) is 88.4 Å². The number of nitrogens with one attached hydrogen (secondary N) is 2. The van der Waals surface area contributed by atoms with Crippen LogP contribution in [0, 0.1) is 16.2 Å². The number of hydrazine groups is 1. The largest absolute Gasteiger partial charge is 0.273 e. The lowest BCUT2D eigenvalue weighted by molar-refractivity contribution is -0.162. The number of amides is 2. The molecular weight excluding hydrogens is 584 g/mol. The van der Waals surface area contributed by atoms with E-state index in [0.29, 0.717) is 10.0 Å². The fourth-order valence-electron chi connectivity index (χ4n) is 4.64. The standard InChI is InChI=1S/C17H18Br4N2O2/c1-15(2)16(13(20)21)7-8-17(15,12(16)19)14(25)23-22-11(24)9-5-3-4-6-10(9)18/h3-6,12-13H,7-8H2,1-2H3,(H,22,24)(H,23,25). The van der Waals surface area contributed by atoms with Crippen molar-refractivity contribution >= 4 is 75.5 Å². The van der Waals surface area contributed by atoms with Gasteiger partial charge in [-0.15, -0.1) is 0 Å². The van der Waals surface area contributed by atoms with Crippen molar-refractivity contribution in [3.8, 4) is 0 Å². The molecule has 3 fully saturated rings. The van der Waals surface area contributed by atoms with Crippen molar-refractivity contribution in [1.82, 2.24) is 10.9 Å². The summed E-state index contributed by atoms with van der Waals surface area (Å²) < 4.78 is 0.800. The Morgan fingerprint density at radius 3 is 2.32 bits per heavy atom. The average molecular weight is 602 g/mol. The number of rotatable bonds is 3. The maximum atomic E-state index is 13.0. The van der Waals surface area contributed by atoms with Gasteiger partial charge >= 0.3 is 0 Å². The fourth-order valence-corrected chi connectivity index (χ4v) is 10.0. The van der Waals surface area contributed by atoms with Gasteiger partial charge in [-0.05, 0) is 46.3 Å². The van der Waals surface area contributed by atoms with Crippen LogP contribution in [0.3, 0.4) is 0 Å². The van der Waals surface area contributed by atoms with Crippen molar-refractivity contribution in [2.45, 2.75) is 35.3 Å². The van der Waals surface area contributed by atoms with Crippen molar-refractivity contribution in [3.63, 3.8) is 0 Å². The monoisotopic (exact) mass is 598 g/mol. The highest BCUT2D eigenvalue weighted by Crippen LogP contribution is 2.82. The molecule has 3 aliphatic carbocycles. The van der Waals surface area contributed by atoms with Crippen molar-refractivity contribution in [1.29, 1.82) is 0 Å². The highest BCUT2D eigenvalue weighted by atomic mass is 79.9. The van der Waals surface area contributed by atoms with Gasteiger partial charge in [-0.1, -0.05) is 73.8 Å². The number of alkyl halides is 3. The number of hydrogen-bond acceptors (Lipinski definition) is 2. The molecule has 8 heteroatoms. The molecule has 3 aliphatic rings. The zero-order valence-electron chi connectivity index (χ0n) is 13.7. The molecule has 4 rings (SSSR count). The van der Waals surface area contributed by atoms with Crippen molar-refractivity contribution < 1.29 is 9.59 Å². The molecule has 3 saturated carbocycles. The first-order valence-electron chi connectivity index (χ1n) is 7.90. The molecule has 25 heavy (non-hydrogen) atoms. The predicted molar refractivity (Wildman–Crippen MR) is 112 cm³/mol. The van der Waals surface area contributed by atoms with Gasteiger partial charge in [0, 0.05) is 14.7 Å². The zero-order valence-corrected chi connectivity index (χ0v) is 20.1. The average Bonchev–Trinajstić information content (AvgIpc) is 3.02. The molecule has 0 aliphatic heterocycles. The molecule has 2 N–H and O–H groups in total. The summed E-state index contributed by atoms with van der Waals surface area (Å²) in [4.78, 5) is 25.4. The van der Waals surface area contributed by atoms with E-state index in [9.17, 15) is 9.59 Å². The summed E-state index contributed by atoms with van der Waals surface area (Å²) in [5.41, 5.74) is 4.87. The molecule has 3 atom stereocenters. The van der Waals surface area contributed by atoms with E-state index in [4.69, 9.17) is 0 Å². The molecule has 2 bridgehead atoms. The van der Waals surface area contributed by atoms with Gasteiger partial charge in [0.25, 0.3) is 5.91 Å². The molecule has 0 saturated heterocycles. The Labute approximate surface area is 180 Å². The van der Waals surface area contributed by atoms with Gasteiger partial charge < -0.3 is 0 Å². The maximum absolute atomic E-state index is 13.0. The van der Waals surface area contributed by atoms with Crippen LogP contribution in [0.5, 0.6) is 0 Å². The van der Waals surface area contributed by atoms with Crippen LogP contribution >= 0.6 is 63.7 Å². The minimum absolute atomic E-state index is 0.0339.